The molecule has 1 saturated heterocycles. The highest BCUT2D eigenvalue weighted by Crippen LogP contribution is 2.18. The van der Waals surface area contributed by atoms with Crippen LogP contribution in [0.1, 0.15) is 30.4 Å². The Morgan fingerprint density at radius 3 is 3.06 bits per heavy atom. The summed E-state index contributed by atoms with van der Waals surface area (Å²) in [7, 11) is 0. The molecule has 0 radical (unpaired) electrons. The number of aryl methyl sites for hydroxylation is 1. The molecule has 1 heterocycles. The number of hydrogen-bond acceptors (Lipinski definition) is 2. The second-order valence-corrected chi connectivity index (χ2v) is 4.82. The molecule has 1 aliphatic rings. The smallest absolute Gasteiger partial charge is 0.0590 e. The summed E-state index contributed by atoms with van der Waals surface area (Å²) in [5.74, 6) is 0. The van der Waals surface area contributed by atoms with Crippen LogP contribution in [0.4, 0.5) is 0 Å². The molecule has 0 aromatic heterocycles. The van der Waals surface area contributed by atoms with Gasteiger partial charge in [0.25, 0.3) is 0 Å². The van der Waals surface area contributed by atoms with Crippen molar-refractivity contribution < 1.29 is 4.74 Å². The summed E-state index contributed by atoms with van der Waals surface area (Å²) in [5, 5.41) is 0. The van der Waals surface area contributed by atoms with Crippen LogP contribution in [-0.2, 0) is 11.2 Å². The van der Waals surface area contributed by atoms with Gasteiger partial charge < -0.3 is 10.5 Å². The van der Waals surface area contributed by atoms with Gasteiger partial charge in [-0.2, -0.15) is 0 Å². The minimum absolute atomic E-state index is 0.227. The minimum atomic E-state index is 0.227. The monoisotopic (exact) mass is 219 g/mol. The van der Waals surface area contributed by atoms with Gasteiger partial charge in [-0.25, -0.2) is 0 Å². The molecule has 1 aromatic rings. The zero-order valence-electron chi connectivity index (χ0n) is 9.99. The van der Waals surface area contributed by atoms with Crippen molar-refractivity contribution in [2.75, 3.05) is 6.61 Å². The van der Waals surface area contributed by atoms with E-state index in [1.54, 1.807) is 0 Å². The molecule has 0 aliphatic carbocycles. The van der Waals surface area contributed by atoms with Crippen molar-refractivity contribution in [3.05, 3.63) is 35.4 Å². The van der Waals surface area contributed by atoms with Crippen molar-refractivity contribution in [3.8, 4) is 0 Å². The molecule has 1 aliphatic heterocycles. The Morgan fingerprint density at radius 2 is 2.38 bits per heavy atom. The first-order valence-electron chi connectivity index (χ1n) is 6.17. The van der Waals surface area contributed by atoms with Crippen molar-refractivity contribution in [1.82, 2.24) is 0 Å². The molecule has 2 atom stereocenters. The topological polar surface area (TPSA) is 35.2 Å². The van der Waals surface area contributed by atoms with E-state index in [0.29, 0.717) is 6.10 Å². The van der Waals surface area contributed by atoms with Crippen LogP contribution in [0.2, 0.25) is 0 Å². The van der Waals surface area contributed by atoms with E-state index in [1.165, 1.54) is 24.0 Å². The van der Waals surface area contributed by atoms with Gasteiger partial charge in [0.2, 0.25) is 0 Å². The van der Waals surface area contributed by atoms with Crippen molar-refractivity contribution in [1.29, 1.82) is 0 Å². The molecule has 0 amide bonds. The maximum atomic E-state index is 6.16. The maximum absolute atomic E-state index is 6.16. The Morgan fingerprint density at radius 1 is 1.50 bits per heavy atom. The fraction of sp³-hybridized carbons (Fsp3) is 0.571. The zero-order valence-corrected chi connectivity index (χ0v) is 9.99. The normalized spacial score (nSPS) is 22.2. The first-order valence-corrected chi connectivity index (χ1v) is 6.17. The number of ether oxygens (including phenoxy) is 1. The number of nitrogens with two attached hydrogens (primary N) is 1. The van der Waals surface area contributed by atoms with E-state index in [0.717, 1.165) is 19.4 Å². The molecule has 2 heteroatoms. The van der Waals surface area contributed by atoms with Crippen molar-refractivity contribution in [2.45, 2.75) is 44.8 Å². The van der Waals surface area contributed by atoms with E-state index < -0.39 is 0 Å². The average molecular weight is 219 g/mol. The lowest BCUT2D eigenvalue weighted by Crippen LogP contribution is -2.28. The van der Waals surface area contributed by atoms with Crippen LogP contribution in [0.25, 0.3) is 0 Å². The number of benzene rings is 1. The molecule has 2 unspecified atom stereocenters. The van der Waals surface area contributed by atoms with Crippen LogP contribution in [0.3, 0.4) is 0 Å². The Kier molecular flexibility index (Phi) is 3.97. The number of rotatable bonds is 4. The highest BCUT2D eigenvalue weighted by atomic mass is 16.5. The molecule has 0 saturated carbocycles. The van der Waals surface area contributed by atoms with E-state index >= 15 is 0 Å². The van der Waals surface area contributed by atoms with Crippen LogP contribution in [0, 0.1) is 6.92 Å². The summed E-state index contributed by atoms with van der Waals surface area (Å²) in [6, 6.07) is 8.82. The van der Waals surface area contributed by atoms with E-state index in [4.69, 9.17) is 10.5 Å². The molecule has 0 bridgehead atoms. The fourth-order valence-electron chi connectivity index (χ4n) is 2.39. The van der Waals surface area contributed by atoms with Crippen molar-refractivity contribution in [3.63, 3.8) is 0 Å². The highest BCUT2D eigenvalue weighted by molar-refractivity contribution is 5.22. The molecular weight excluding hydrogens is 198 g/mol. The van der Waals surface area contributed by atoms with Crippen molar-refractivity contribution >= 4 is 0 Å². The quantitative estimate of drug-likeness (QED) is 0.844. The van der Waals surface area contributed by atoms with Crippen molar-refractivity contribution in [2.24, 2.45) is 5.73 Å². The molecular formula is C14H21NO. The molecule has 16 heavy (non-hydrogen) atoms. The summed E-state index contributed by atoms with van der Waals surface area (Å²) < 4.78 is 5.61. The SMILES string of the molecule is Cc1cccc(CC(N)CC2CCCO2)c1. The molecule has 2 rings (SSSR count). The van der Waals surface area contributed by atoms with E-state index in [1.807, 2.05) is 0 Å². The van der Waals surface area contributed by atoms with Gasteiger partial charge >= 0.3 is 0 Å². The summed E-state index contributed by atoms with van der Waals surface area (Å²) in [5.41, 5.74) is 8.80. The molecule has 0 spiro atoms. The molecule has 1 aromatic carbocycles. The first-order chi connectivity index (χ1) is 7.74. The van der Waals surface area contributed by atoms with Gasteiger partial charge in [0.1, 0.15) is 0 Å². The van der Waals surface area contributed by atoms with E-state index in [9.17, 15) is 0 Å². The lowest BCUT2D eigenvalue weighted by molar-refractivity contribution is 0.0983. The van der Waals surface area contributed by atoms with Crippen LogP contribution in [-0.4, -0.2) is 18.8 Å². The molecule has 2 nitrogen and oxygen atoms in total. The summed E-state index contributed by atoms with van der Waals surface area (Å²) >= 11 is 0. The lowest BCUT2D eigenvalue weighted by Gasteiger charge is -2.16. The maximum Gasteiger partial charge on any atom is 0.0590 e. The molecule has 1 fully saturated rings. The van der Waals surface area contributed by atoms with E-state index in [2.05, 4.69) is 31.2 Å². The fourth-order valence-corrected chi connectivity index (χ4v) is 2.39. The zero-order chi connectivity index (χ0) is 11.4. The third kappa shape index (κ3) is 3.32. The van der Waals surface area contributed by atoms with Crippen LogP contribution < -0.4 is 5.73 Å². The van der Waals surface area contributed by atoms with Crippen LogP contribution in [0.15, 0.2) is 24.3 Å². The van der Waals surface area contributed by atoms with Gasteiger partial charge in [0.15, 0.2) is 0 Å². The van der Waals surface area contributed by atoms with Gasteiger partial charge in [-0.1, -0.05) is 29.8 Å². The third-order valence-electron chi connectivity index (χ3n) is 3.17. The Labute approximate surface area is 97.8 Å². The standard InChI is InChI=1S/C14H21NO/c1-11-4-2-5-12(8-11)9-13(15)10-14-6-3-7-16-14/h2,4-5,8,13-14H,3,6-7,9-10,15H2,1H3. The average Bonchev–Trinajstić information content (AvgIpc) is 2.70. The number of hydrogen-bond donors (Lipinski definition) is 1. The molecule has 2 N–H and O–H groups in total. The van der Waals surface area contributed by atoms with Gasteiger partial charge in [-0.3, -0.25) is 0 Å². The highest BCUT2D eigenvalue weighted by Gasteiger charge is 2.18. The second-order valence-electron chi connectivity index (χ2n) is 4.82. The first kappa shape index (κ1) is 11.6. The predicted octanol–water partition coefficient (Wildman–Crippen LogP) is 2.43. The molecule has 88 valence electrons. The Hall–Kier alpha value is -0.860. The van der Waals surface area contributed by atoms with Crippen LogP contribution >= 0.6 is 0 Å². The summed E-state index contributed by atoms with van der Waals surface area (Å²) in [6.45, 7) is 3.04. The van der Waals surface area contributed by atoms with E-state index in [-0.39, 0.29) is 6.04 Å². The lowest BCUT2D eigenvalue weighted by atomic mass is 9.99. The third-order valence-corrected chi connectivity index (χ3v) is 3.17. The van der Waals surface area contributed by atoms with Gasteiger partial charge in [0, 0.05) is 12.6 Å². The minimum Gasteiger partial charge on any atom is -0.378 e. The second kappa shape index (κ2) is 5.46. The Balaban J connectivity index is 1.84. The van der Waals surface area contributed by atoms with Crippen LogP contribution in [0.5, 0.6) is 0 Å². The van der Waals surface area contributed by atoms with Gasteiger partial charge in [-0.15, -0.1) is 0 Å². The van der Waals surface area contributed by atoms with Gasteiger partial charge in [0.05, 0.1) is 6.10 Å². The van der Waals surface area contributed by atoms with Gasteiger partial charge in [-0.05, 0) is 38.2 Å². The summed E-state index contributed by atoms with van der Waals surface area (Å²) in [6.07, 6.45) is 4.73. The summed E-state index contributed by atoms with van der Waals surface area (Å²) in [4.78, 5) is 0. The largest absolute Gasteiger partial charge is 0.378 e. The Bertz CT molecular complexity index is 331. The predicted molar refractivity (Wildman–Crippen MR) is 66.4 cm³/mol.